The first kappa shape index (κ1) is 58.9. The molecule has 0 aromatic rings. The van der Waals surface area contributed by atoms with E-state index >= 15 is 0 Å². The molecule has 6 nitrogen and oxygen atoms in total. The van der Waals surface area contributed by atoms with E-state index in [2.05, 4.69) is 45.1 Å². The Balaban J connectivity index is 4.30. The Labute approximate surface area is 379 Å². The molecular weight excluding hydrogens is 757 g/mol. The quantitative estimate of drug-likeness (QED) is 0.0262. The van der Waals surface area contributed by atoms with Crippen LogP contribution in [0.25, 0.3) is 0 Å². The zero-order chi connectivity index (χ0) is 44.4. The molecule has 358 valence electrons. The van der Waals surface area contributed by atoms with Crippen LogP contribution in [0.2, 0.25) is 0 Å². The summed E-state index contributed by atoms with van der Waals surface area (Å²) in [6, 6.07) is 0. The van der Waals surface area contributed by atoms with E-state index in [1.54, 1.807) is 0 Å². The second-order valence-corrected chi connectivity index (χ2v) is 18.1. The van der Waals surface area contributed by atoms with Crippen LogP contribution in [-0.4, -0.2) is 37.2 Å². The minimum Gasteiger partial charge on any atom is -0.462 e. The van der Waals surface area contributed by atoms with Gasteiger partial charge in [0.05, 0.1) is 0 Å². The van der Waals surface area contributed by atoms with Crippen molar-refractivity contribution >= 4 is 17.9 Å². The van der Waals surface area contributed by atoms with Gasteiger partial charge >= 0.3 is 17.9 Å². The summed E-state index contributed by atoms with van der Waals surface area (Å²) in [5, 5.41) is 0. The normalized spacial score (nSPS) is 12.1. The third-order valence-corrected chi connectivity index (χ3v) is 11.9. The van der Waals surface area contributed by atoms with Crippen LogP contribution in [-0.2, 0) is 28.6 Å². The second-order valence-electron chi connectivity index (χ2n) is 18.1. The van der Waals surface area contributed by atoms with Crippen molar-refractivity contribution in [3.63, 3.8) is 0 Å². The minimum absolute atomic E-state index is 0.0747. The van der Waals surface area contributed by atoms with Gasteiger partial charge in [0.25, 0.3) is 0 Å². The topological polar surface area (TPSA) is 78.9 Å². The highest BCUT2D eigenvalue weighted by Crippen LogP contribution is 2.16. The van der Waals surface area contributed by atoms with Gasteiger partial charge in [-0.2, -0.15) is 0 Å². The second kappa shape index (κ2) is 50.5. The lowest BCUT2D eigenvalue weighted by Gasteiger charge is -2.18. The fourth-order valence-electron chi connectivity index (χ4n) is 7.83. The molecule has 0 heterocycles. The molecule has 0 fully saturated rings. The summed E-state index contributed by atoms with van der Waals surface area (Å²) in [6.45, 7) is 6.60. The molecule has 0 aromatic carbocycles. The Bertz CT molecular complexity index is 989. The van der Waals surface area contributed by atoms with Crippen LogP contribution < -0.4 is 0 Å². The molecule has 0 unspecified atom stereocenters. The zero-order valence-electron chi connectivity index (χ0n) is 40.9. The van der Waals surface area contributed by atoms with Gasteiger partial charge in [0.2, 0.25) is 0 Å². The first-order valence-corrected chi connectivity index (χ1v) is 26.8. The Morgan fingerprint density at radius 1 is 0.311 bits per heavy atom. The summed E-state index contributed by atoms with van der Waals surface area (Å²) < 4.78 is 16.8. The average molecular weight is 859 g/mol. The molecule has 0 spiro atoms. The molecule has 0 radical (unpaired) electrons. The van der Waals surface area contributed by atoms with Crippen LogP contribution in [0.15, 0.2) is 24.3 Å². The standard InChI is InChI=1S/C55H102O6/c1-4-7-10-13-16-19-22-24-25-26-27-28-29-31-34-37-40-43-46-49-55(58)61-52(50-59-53(56)47-44-41-38-35-32-21-18-15-12-9-6-3)51-60-54(57)48-45-42-39-36-33-30-23-20-17-14-11-8-5-2/h15,18,20,23,52H,4-14,16-17,19,21-22,24-51H2,1-3H3/b18-15-,23-20-/t52-/m0/s1. The molecule has 0 bridgehead atoms. The molecule has 0 saturated carbocycles. The smallest absolute Gasteiger partial charge is 0.306 e. The number of carbonyl (C=O) groups excluding carboxylic acids is 3. The van der Waals surface area contributed by atoms with Gasteiger partial charge in [-0.1, -0.05) is 231 Å². The van der Waals surface area contributed by atoms with Crippen molar-refractivity contribution in [2.75, 3.05) is 13.2 Å². The summed E-state index contributed by atoms with van der Waals surface area (Å²) in [6.07, 6.45) is 57.4. The lowest BCUT2D eigenvalue weighted by Crippen LogP contribution is -2.30. The van der Waals surface area contributed by atoms with E-state index in [0.29, 0.717) is 19.3 Å². The monoisotopic (exact) mass is 859 g/mol. The van der Waals surface area contributed by atoms with Gasteiger partial charge in [-0.15, -0.1) is 0 Å². The first-order chi connectivity index (χ1) is 30.0. The number of allylic oxidation sites excluding steroid dienone is 4. The van der Waals surface area contributed by atoms with Gasteiger partial charge < -0.3 is 14.2 Å². The van der Waals surface area contributed by atoms with Crippen LogP contribution in [0.3, 0.4) is 0 Å². The summed E-state index contributed by atoms with van der Waals surface area (Å²) in [5.74, 6) is -0.878. The highest BCUT2D eigenvalue weighted by Gasteiger charge is 2.19. The van der Waals surface area contributed by atoms with E-state index < -0.39 is 6.10 Å². The van der Waals surface area contributed by atoms with E-state index in [9.17, 15) is 14.4 Å². The van der Waals surface area contributed by atoms with E-state index in [4.69, 9.17) is 14.2 Å². The average Bonchev–Trinajstić information content (AvgIpc) is 3.26. The Morgan fingerprint density at radius 2 is 0.557 bits per heavy atom. The van der Waals surface area contributed by atoms with Crippen LogP contribution in [0, 0.1) is 0 Å². The molecule has 0 aromatic heterocycles. The highest BCUT2D eigenvalue weighted by molar-refractivity contribution is 5.71. The number of ether oxygens (including phenoxy) is 3. The van der Waals surface area contributed by atoms with Crippen molar-refractivity contribution in [3.8, 4) is 0 Å². The summed E-state index contributed by atoms with van der Waals surface area (Å²) in [4.78, 5) is 37.9. The Hall–Kier alpha value is -2.11. The lowest BCUT2D eigenvalue weighted by atomic mass is 10.0. The Kier molecular flexibility index (Phi) is 48.8. The predicted molar refractivity (Wildman–Crippen MR) is 261 cm³/mol. The molecule has 0 saturated heterocycles. The van der Waals surface area contributed by atoms with Gasteiger partial charge in [-0.05, 0) is 64.2 Å². The maximum Gasteiger partial charge on any atom is 0.306 e. The molecule has 6 heteroatoms. The fourth-order valence-corrected chi connectivity index (χ4v) is 7.83. The van der Waals surface area contributed by atoms with Crippen molar-refractivity contribution in [1.29, 1.82) is 0 Å². The van der Waals surface area contributed by atoms with Gasteiger partial charge in [0.1, 0.15) is 13.2 Å². The molecule has 0 aliphatic carbocycles. The van der Waals surface area contributed by atoms with Crippen LogP contribution in [0.5, 0.6) is 0 Å². The van der Waals surface area contributed by atoms with Gasteiger partial charge in [-0.3, -0.25) is 14.4 Å². The van der Waals surface area contributed by atoms with E-state index in [-0.39, 0.29) is 31.1 Å². The van der Waals surface area contributed by atoms with Gasteiger partial charge in [-0.25, -0.2) is 0 Å². The molecule has 1 atom stereocenters. The largest absolute Gasteiger partial charge is 0.462 e. The van der Waals surface area contributed by atoms with Gasteiger partial charge in [0.15, 0.2) is 6.10 Å². The van der Waals surface area contributed by atoms with Crippen molar-refractivity contribution < 1.29 is 28.6 Å². The number of carbonyl (C=O) groups is 3. The highest BCUT2D eigenvalue weighted by atomic mass is 16.6. The summed E-state index contributed by atoms with van der Waals surface area (Å²) in [5.41, 5.74) is 0. The molecule has 0 rings (SSSR count). The van der Waals surface area contributed by atoms with E-state index in [1.165, 1.54) is 180 Å². The molecule has 0 N–H and O–H groups in total. The predicted octanol–water partition coefficient (Wildman–Crippen LogP) is 17.5. The van der Waals surface area contributed by atoms with Gasteiger partial charge in [0, 0.05) is 19.3 Å². The molecule has 61 heavy (non-hydrogen) atoms. The number of hydrogen-bond donors (Lipinski definition) is 0. The summed E-state index contributed by atoms with van der Waals surface area (Å²) >= 11 is 0. The molecule has 0 aliphatic heterocycles. The van der Waals surface area contributed by atoms with Crippen LogP contribution in [0.4, 0.5) is 0 Å². The van der Waals surface area contributed by atoms with Crippen molar-refractivity contribution in [2.45, 2.75) is 297 Å². The number of unbranched alkanes of at least 4 members (excludes halogenated alkanes) is 34. The lowest BCUT2D eigenvalue weighted by molar-refractivity contribution is -0.167. The summed E-state index contributed by atoms with van der Waals surface area (Å²) in [7, 11) is 0. The Morgan fingerprint density at radius 3 is 0.885 bits per heavy atom. The first-order valence-electron chi connectivity index (χ1n) is 26.8. The van der Waals surface area contributed by atoms with E-state index in [0.717, 1.165) is 70.6 Å². The van der Waals surface area contributed by atoms with Crippen LogP contribution in [0.1, 0.15) is 290 Å². The third-order valence-electron chi connectivity index (χ3n) is 11.9. The fraction of sp³-hybridized carbons (Fsp3) is 0.873. The van der Waals surface area contributed by atoms with Crippen molar-refractivity contribution in [1.82, 2.24) is 0 Å². The minimum atomic E-state index is -0.772. The van der Waals surface area contributed by atoms with Crippen molar-refractivity contribution in [2.24, 2.45) is 0 Å². The SMILES string of the molecule is CCCC/C=C\CCCCCCCC(=O)OC[C@@H](COC(=O)CCCCCCC/C=C\CCCCCC)OC(=O)CCCCCCCCCCCCCCCCCCCCC. The third kappa shape index (κ3) is 48.8. The maximum atomic E-state index is 12.8. The van der Waals surface area contributed by atoms with E-state index in [1.807, 2.05) is 0 Å². The molecule has 0 amide bonds. The zero-order valence-corrected chi connectivity index (χ0v) is 40.9. The molecule has 0 aliphatic rings. The number of rotatable bonds is 49. The molecular formula is C55H102O6. The van der Waals surface area contributed by atoms with Crippen LogP contribution >= 0.6 is 0 Å². The number of esters is 3. The maximum absolute atomic E-state index is 12.8. The number of hydrogen-bond acceptors (Lipinski definition) is 6. The van der Waals surface area contributed by atoms with Crippen molar-refractivity contribution in [3.05, 3.63) is 24.3 Å².